The van der Waals surface area contributed by atoms with E-state index in [1.54, 1.807) is 30.5 Å². The number of thioether (sulfide) groups is 1. The van der Waals surface area contributed by atoms with Crippen LogP contribution in [0.2, 0.25) is 0 Å². The lowest BCUT2D eigenvalue weighted by molar-refractivity contribution is -0.141. The van der Waals surface area contributed by atoms with Gasteiger partial charge in [0, 0.05) is 11.8 Å². The van der Waals surface area contributed by atoms with Crippen LogP contribution in [0.4, 0.5) is 18.9 Å². The third kappa shape index (κ3) is 6.47. The summed E-state index contributed by atoms with van der Waals surface area (Å²) >= 11 is 0.794. The quantitative estimate of drug-likeness (QED) is 0.381. The van der Waals surface area contributed by atoms with Crippen LogP contribution in [-0.2, 0) is 11.0 Å². The zero-order valence-corrected chi connectivity index (χ0v) is 18.5. The molecule has 7 nitrogen and oxygen atoms in total. The number of carbonyl (C=O) groups is 1. The maximum Gasteiger partial charge on any atom is 0.433 e. The monoisotopic (exact) mass is 486 g/mol. The highest BCUT2D eigenvalue weighted by atomic mass is 35.5. The third-order valence-corrected chi connectivity index (χ3v) is 4.80. The van der Waals surface area contributed by atoms with Crippen molar-refractivity contribution in [1.29, 1.82) is 0 Å². The van der Waals surface area contributed by atoms with Crippen molar-refractivity contribution < 1.29 is 27.4 Å². The van der Waals surface area contributed by atoms with E-state index in [9.17, 15) is 18.0 Å². The van der Waals surface area contributed by atoms with Gasteiger partial charge in [0.25, 0.3) is 0 Å². The van der Waals surface area contributed by atoms with Crippen molar-refractivity contribution in [2.24, 2.45) is 0 Å². The average Bonchev–Trinajstić information content (AvgIpc) is 2.77. The van der Waals surface area contributed by atoms with Crippen LogP contribution >= 0.6 is 24.2 Å². The number of pyridine rings is 1. The van der Waals surface area contributed by atoms with E-state index in [0.717, 1.165) is 17.8 Å². The summed E-state index contributed by atoms with van der Waals surface area (Å²) in [6.07, 6.45) is -1.67. The number of anilines is 1. The zero-order chi connectivity index (χ0) is 22.4. The molecule has 170 valence electrons. The predicted octanol–water partition coefficient (Wildman–Crippen LogP) is 4.73. The summed E-state index contributed by atoms with van der Waals surface area (Å²) in [5.41, 5.74) is -0.211. The van der Waals surface area contributed by atoms with Gasteiger partial charge in [-0.2, -0.15) is 13.2 Å². The van der Waals surface area contributed by atoms with Crippen LogP contribution in [0.25, 0.3) is 11.3 Å². The average molecular weight is 487 g/mol. The maximum absolute atomic E-state index is 13.4. The molecule has 0 saturated heterocycles. The fourth-order valence-corrected chi connectivity index (χ4v) is 3.20. The Balaban J connectivity index is 0.00000363. The smallest absolute Gasteiger partial charge is 0.433 e. The first kappa shape index (κ1) is 25.2. The molecule has 0 saturated carbocycles. The van der Waals surface area contributed by atoms with Crippen molar-refractivity contribution in [3.8, 4) is 22.8 Å². The molecule has 0 atom stereocenters. The minimum absolute atomic E-state index is 0. The minimum Gasteiger partial charge on any atom is -0.493 e. The standard InChI is InChI=1S/C20H17F3N4O3S.ClH/c1-29-15-6-5-12(8-16(15)30-2)14-9-17(20(21,22)23)27-19(26-14)31-11-18(28)25-13-4-3-7-24-10-13;/h3-10H,11H2,1-2H3,(H,25,28);1H. The van der Waals surface area contributed by atoms with E-state index >= 15 is 0 Å². The van der Waals surface area contributed by atoms with E-state index in [1.807, 2.05) is 0 Å². The first-order valence-electron chi connectivity index (χ1n) is 8.81. The molecule has 0 aliphatic rings. The Labute approximate surface area is 192 Å². The zero-order valence-electron chi connectivity index (χ0n) is 16.8. The fourth-order valence-electron chi connectivity index (χ4n) is 2.54. The van der Waals surface area contributed by atoms with E-state index < -0.39 is 17.8 Å². The largest absolute Gasteiger partial charge is 0.493 e. The van der Waals surface area contributed by atoms with E-state index in [1.165, 1.54) is 26.5 Å². The van der Waals surface area contributed by atoms with E-state index in [-0.39, 0.29) is 29.0 Å². The number of alkyl halides is 3. The molecule has 0 bridgehead atoms. The van der Waals surface area contributed by atoms with Crippen molar-refractivity contribution in [1.82, 2.24) is 15.0 Å². The number of hydrogen-bond donors (Lipinski definition) is 1. The molecule has 32 heavy (non-hydrogen) atoms. The number of rotatable bonds is 7. The minimum atomic E-state index is -4.68. The molecular formula is C20H18ClF3N4O3S. The molecule has 0 radical (unpaired) electrons. The number of nitrogens with zero attached hydrogens (tertiary/aromatic N) is 3. The Morgan fingerprint density at radius 2 is 1.84 bits per heavy atom. The molecule has 1 amide bonds. The maximum atomic E-state index is 13.4. The Hall–Kier alpha value is -3.05. The lowest BCUT2D eigenvalue weighted by atomic mass is 10.1. The molecule has 0 spiro atoms. The van der Waals surface area contributed by atoms with Gasteiger partial charge in [-0.15, -0.1) is 12.4 Å². The van der Waals surface area contributed by atoms with Crippen molar-refractivity contribution >= 4 is 35.8 Å². The van der Waals surface area contributed by atoms with Crippen LogP contribution in [0.1, 0.15) is 5.69 Å². The number of amides is 1. The molecule has 3 aromatic rings. The summed E-state index contributed by atoms with van der Waals surface area (Å²) < 4.78 is 50.5. The van der Waals surface area contributed by atoms with Crippen molar-refractivity contribution in [3.05, 3.63) is 54.5 Å². The molecule has 3 rings (SSSR count). The molecule has 0 unspecified atom stereocenters. The van der Waals surface area contributed by atoms with Gasteiger partial charge in [-0.1, -0.05) is 11.8 Å². The molecule has 12 heteroatoms. The van der Waals surface area contributed by atoms with Crippen LogP contribution in [0, 0.1) is 0 Å². The van der Waals surface area contributed by atoms with E-state index in [4.69, 9.17) is 9.47 Å². The second-order valence-corrected chi connectivity index (χ2v) is 7.01. The molecule has 1 N–H and O–H groups in total. The van der Waals surface area contributed by atoms with Crippen molar-refractivity contribution in [3.63, 3.8) is 0 Å². The van der Waals surface area contributed by atoms with Gasteiger partial charge in [-0.05, 0) is 36.4 Å². The summed E-state index contributed by atoms with van der Waals surface area (Å²) in [5.74, 6) is 0.170. The highest BCUT2D eigenvalue weighted by Gasteiger charge is 2.34. The Bertz CT molecular complexity index is 1070. The summed E-state index contributed by atoms with van der Waals surface area (Å²) in [5, 5.41) is 2.42. The van der Waals surface area contributed by atoms with Crippen LogP contribution < -0.4 is 14.8 Å². The Morgan fingerprint density at radius 1 is 1.09 bits per heavy atom. The predicted molar refractivity (Wildman–Crippen MR) is 116 cm³/mol. The number of hydrogen-bond acceptors (Lipinski definition) is 7. The lowest BCUT2D eigenvalue weighted by Gasteiger charge is -2.12. The third-order valence-electron chi connectivity index (χ3n) is 3.95. The summed E-state index contributed by atoms with van der Waals surface area (Å²) in [7, 11) is 2.88. The second-order valence-electron chi connectivity index (χ2n) is 6.07. The Kier molecular flexibility index (Phi) is 8.67. The number of nitrogens with one attached hydrogen (secondary N) is 1. The Morgan fingerprint density at radius 3 is 2.47 bits per heavy atom. The first-order valence-corrected chi connectivity index (χ1v) is 9.80. The first-order chi connectivity index (χ1) is 14.8. The van der Waals surface area contributed by atoms with Gasteiger partial charge in [0.05, 0.1) is 37.6 Å². The normalized spacial score (nSPS) is 10.8. The van der Waals surface area contributed by atoms with Gasteiger partial charge in [0.2, 0.25) is 5.91 Å². The molecule has 0 fully saturated rings. The number of benzene rings is 1. The molecule has 0 aliphatic carbocycles. The van der Waals surface area contributed by atoms with E-state index in [0.29, 0.717) is 22.7 Å². The summed E-state index contributed by atoms with van der Waals surface area (Å²) in [6, 6.07) is 8.79. The van der Waals surface area contributed by atoms with Gasteiger partial charge in [0.1, 0.15) is 5.69 Å². The highest BCUT2D eigenvalue weighted by Crippen LogP contribution is 2.35. The molecule has 2 heterocycles. The van der Waals surface area contributed by atoms with E-state index in [2.05, 4.69) is 20.3 Å². The number of methoxy groups -OCH3 is 2. The molecular weight excluding hydrogens is 469 g/mol. The van der Waals surface area contributed by atoms with Crippen LogP contribution in [0.15, 0.2) is 53.9 Å². The lowest BCUT2D eigenvalue weighted by Crippen LogP contribution is -2.15. The summed E-state index contributed by atoms with van der Waals surface area (Å²) in [4.78, 5) is 23.7. The highest BCUT2D eigenvalue weighted by molar-refractivity contribution is 7.99. The molecule has 0 aliphatic heterocycles. The van der Waals surface area contributed by atoms with Gasteiger partial charge in [-0.3, -0.25) is 9.78 Å². The topological polar surface area (TPSA) is 86.2 Å². The number of ether oxygens (including phenoxy) is 2. The van der Waals surface area contributed by atoms with Crippen molar-refractivity contribution in [2.45, 2.75) is 11.3 Å². The van der Waals surface area contributed by atoms with Crippen LogP contribution in [0.5, 0.6) is 11.5 Å². The fraction of sp³-hybridized carbons (Fsp3) is 0.200. The number of halogens is 4. The van der Waals surface area contributed by atoms with Gasteiger partial charge in [-0.25, -0.2) is 9.97 Å². The van der Waals surface area contributed by atoms with Gasteiger partial charge < -0.3 is 14.8 Å². The van der Waals surface area contributed by atoms with Gasteiger partial charge >= 0.3 is 6.18 Å². The summed E-state index contributed by atoms with van der Waals surface area (Å²) in [6.45, 7) is 0. The SMILES string of the molecule is COc1ccc(-c2cc(C(F)(F)F)nc(SCC(=O)Nc3cccnc3)n2)cc1OC.Cl. The molecule has 1 aromatic carbocycles. The molecule has 2 aromatic heterocycles. The number of carbonyl (C=O) groups excluding carboxylic acids is 1. The second kappa shape index (κ2) is 11.0. The van der Waals surface area contributed by atoms with Crippen molar-refractivity contribution in [2.75, 3.05) is 25.3 Å². The van der Waals surface area contributed by atoms with Crippen LogP contribution in [0.3, 0.4) is 0 Å². The number of aromatic nitrogens is 3. The van der Waals surface area contributed by atoms with Gasteiger partial charge in [0.15, 0.2) is 16.7 Å². The van der Waals surface area contributed by atoms with Crippen LogP contribution in [-0.4, -0.2) is 40.8 Å².